The van der Waals surface area contributed by atoms with E-state index in [2.05, 4.69) is 11.4 Å². The van der Waals surface area contributed by atoms with Crippen molar-refractivity contribution in [3.8, 4) is 23.0 Å². The number of carbonyl (C=O) groups is 1. The second kappa shape index (κ2) is 8.58. The quantitative estimate of drug-likeness (QED) is 0.432. The molecule has 0 fully saturated rings. The Kier molecular flexibility index (Phi) is 5.70. The summed E-state index contributed by atoms with van der Waals surface area (Å²) in [5.41, 5.74) is 5.14. The van der Waals surface area contributed by atoms with Gasteiger partial charge in [0.15, 0.2) is 0 Å². The summed E-state index contributed by atoms with van der Waals surface area (Å²) in [6.45, 7) is 5.89. The maximum absolute atomic E-state index is 13.5. The number of rotatable bonds is 5. The van der Waals surface area contributed by atoms with Gasteiger partial charge in [0.25, 0.3) is 5.91 Å². The van der Waals surface area contributed by atoms with Gasteiger partial charge in [0.05, 0.1) is 22.5 Å². The molecule has 1 amide bonds. The lowest BCUT2D eigenvalue weighted by Gasteiger charge is -2.07. The number of nitriles is 1. The van der Waals surface area contributed by atoms with Crippen LogP contribution in [-0.2, 0) is 6.42 Å². The smallest absolute Gasteiger partial charge is 0.260 e. The summed E-state index contributed by atoms with van der Waals surface area (Å²) in [5, 5.41) is 18.0. The number of carbonyl (C=O) groups excluding carboxylic acids is 1. The van der Waals surface area contributed by atoms with E-state index in [9.17, 15) is 10.1 Å². The number of aromatic nitrogens is 2. The lowest BCUT2D eigenvalue weighted by molar-refractivity contribution is 0.102. The van der Waals surface area contributed by atoms with Gasteiger partial charge in [-0.05, 0) is 38.0 Å². The number of para-hydroxylation sites is 1. The number of aryl methyl sites for hydroxylation is 1. The van der Waals surface area contributed by atoms with E-state index in [-0.39, 0.29) is 5.91 Å². The van der Waals surface area contributed by atoms with Crippen molar-refractivity contribution in [2.45, 2.75) is 27.2 Å². The van der Waals surface area contributed by atoms with Gasteiger partial charge >= 0.3 is 0 Å². The number of nitrogens with zero attached hydrogens (tertiary/aromatic N) is 3. The molecule has 31 heavy (non-hydrogen) atoms. The van der Waals surface area contributed by atoms with Crippen LogP contribution in [0.2, 0.25) is 0 Å². The molecule has 4 rings (SSSR count). The molecular formula is C25H22N4OS. The molecule has 0 spiro atoms. The Labute approximate surface area is 185 Å². The molecule has 0 aliphatic heterocycles. The van der Waals surface area contributed by atoms with E-state index in [0.717, 1.165) is 33.8 Å². The van der Waals surface area contributed by atoms with Crippen molar-refractivity contribution in [3.63, 3.8) is 0 Å². The zero-order chi connectivity index (χ0) is 22.0. The van der Waals surface area contributed by atoms with Crippen LogP contribution in [0.5, 0.6) is 0 Å². The number of benzene rings is 2. The first kappa shape index (κ1) is 20.6. The Hall–Kier alpha value is -3.69. The fraction of sp³-hybridized carbons (Fsp3) is 0.160. The summed E-state index contributed by atoms with van der Waals surface area (Å²) in [6, 6.07) is 21.7. The highest BCUT2D eigenvalue weighted by Gasteiger charge is 2.25. The van der Waals surface area contributed by atoms with Crippen LogP contribution in [0.4, 0.5) is 5.00 Å². The van der Waals surface area contributed by atoms with Crippen molar-refractivity contribution in [2.75, 3.05) is 5.32 Å². The summed E-state index contributed by atoms with van der Waals surface area (Å²) in [5.74, 6) is -0.265. The average Bonchev–Trinajstić information content (AvgIpc) is 3.30. The summed E-state index contributed by atoms with van der Waals surface area (Å²) >= 11 is 1.44. The van der Waals surface area contributed by atoms with Gasteiger partial charge in [-0.2, -0.15) is 10.4 Å². The number of anilines is 1. The van der Waals surface area contributed by atoms with Crippen LogP contribution in [0.1, 0.15) is 39.0 Å². The maximum Gasteiger partial charge on any atom is 0.260 e. The minimum Gasteiger partial charge on any atom is -0.312 e. The Morgan fingerprint density at radius 2 is 1.74 bits per heavy atom. The third-order valence-electron chi connectivity index (χ3n) is 5.29. The van der Waals surface area contributed by atoms with Gasteiger partial charge < -0.3 is 5.32 Å². The van der Waals surface area contributed by atoms with Crippen LogP contribution in [0.3, 0.4) is 0 Å². The molecule has 0 unspecified atom stereocenters. The van der Waals surface area contributed by atoms with Gasteiger partial charge in [-0.1, -0.05) is 55.5 Å². The molecule has 2 aromatic carbocycles. The van der Waals surface area contributed by atoms with Crippen LogP contribution in [0.25, 0.3) is 16.9 Å². The van der Waals surface area contributed by atoms with Crippen LogP contribution < -0.4 is 5.32 Å². The minimum atomic E-state index is -0.265. The number of hydrogen-bond donors (Lipinski definition) is 1. The van der Waals surface area contributed by atoms with Gasteiger partial charge in [-0.25, -0.2) is 4.68 Å². The lowest BCUT2D eigenvalue weighted by Crippen LogP contribution is -2.14. The van der Waals surface area contributed by atoms with E-state index >= 15 is 0 Å². The predicted octanol–water partition coefficient (Wildman–Crippen LogP) is 5.90. The molecule has 6 heteroatoms. The predicted molar refractivity (Wildman–Crippen MR) is 125 cm³/mol. The molecule has 5 nitrogen and oxygen atoms in total. The summed E-state index contributed by atoms with van der Waals surface area (Å²) in [7, 11) is 0. The van der Waals surface area contributed by atoms with Gasteiger partial charge in [0.1, 0.15) is 16.8 Å². The Morgan fingerprint density at radius 3 is 2.35 bits per heavy atom. The highest BCUT2D eigenvalue weighted by molar-refractivity contribution is 7.16. The molecule has 0 saturated carbocycles. The molecule has 2 aromatic heterocycles. The van der Waals surface area contributed by atoms with Crippen LogP contribution in [0, 0.1) is 25.2 Å². The molecule has 0 saturated heterocycles. The first-order chi connectivity index (χ1) is 15.0. The average molecular weight is 427 g/mol. The van der Waals surface area contributed by atoms with E-state index < -0.39 is 0 Å². The molecular weight excluding hydrogens is 404 g/mol. The van der Waals surface area contributed by atoms with Crippen molar-refractivity contribution < 1.29 is 4.79 Å². The molecule has 4 aromatic rings. The first-order valence-electron chi connectivity index (χ1n) is 10.1. The Bertz CT molecular complexity index is 1280. The molecule has 0 radical (unpaired) electrons. The second-order valence-electron chi connectivity index (χ2n) is 7.18. The maximum atomic E-state index is 13.5. The van der Waals surface area contributed by atoms with E-state index in [0.29, 0.717) is 21.8 Å². The molecule has 0 atom stereocenters. The van der Waals surface area contributed by atoms with Crippen molar-refractivity contribution in [2.24, 2.45) is 0 Å². The zero-order valence-electron chi connectivity index (χ0n) is 17.6. The molecule has 0 bridgehead atoms. The van der Waals surface area contributed by atoms with Crippen molar-refractivity contribution >= 4 is 22.2 Å². The summed E-state index contributed by atoms with van der Waals surface area (Å²) < 4.78 is 1.79. The van der Waals surface area contributed by atoms with Crippen molar-refractivity contribution in [1.29, 1.82) is 5.26 Å². The highest BCUT2D eigenvalue weighted by Crippen LogP contribution is 2.34. The first-order valence-corrected chi connectivity index (χ1v) is 10.9. The third kappa shape index (κ3) is 3.76. The number of amides is 1. The van der Waals surface area contributed by atoms with Crippen LogP contribution in [-0.4, -0.2) is 15.7 Å². The number of hydrogen-bond acceptors (Lipinski definition) is 4. The second-order valence-corrected chi connectivity index (χ2v) is 8.41. The third-order valence-corrected chi connectivity index (χ3v) is 6.36. The lowest BCUT2D eigenvalue weighted by atomic mass is 10.1. The Morgan fingerprint density at radius 1 is 1.10 bits per heavy atom. The standard InChI is InChI=1S/C25H22N4OS/c1-4-20-17(3)31-25(21(20)15-26)27-24(30)22-16(2)29(19-13-9-6-10-14-19)28-23(22)18-11-7-5-8-12-18/h5-14H,4H2,1-3H3,(H,27,30). The Balaban J connectivity index is 1.83. The van der Waals surface area contributed by atoms with Gasteiger partial charge in [-0.3, -0.25) is 4.79 Å². The minimum absolute atomic E-state index is 0.265. The highest BCUT2D eigenvalue weighted by atomic mass is 32.1. The van der Waals surface area contributed by atoms with Crippen LogP contribution >= 0.6 is 11.3 Å². The van der Waals surface area contributed by atoms with Crippen molar-refractivity contribution in [1.82, 2.24) is 9.78 Å². The molecule has 0 aliphatic rings. The fourth-order valence-corrected chi connectivity index (χ4v) is 4.86. The van der Waals surface area contributed by atoms with Crippen molar-refractivity contribution in [3.05, 3.63) is 87.9 Å². The van der Waals surface area contributed by atoms with E-state index in [4.69, 9.17) is 5.10 Å². The summed E-state index contributed by atoms with van der Waals surface area (Å²) in [6.07, 6.45) is 0.751. The monoisotopic (exact) mass is 426 g/mol. The summed E-state index contributed by atoms with van der Waals surface area (Å²) in [4.78, 5) is 14.5. The fourth-order valence-electron chi connectivity index (χ4n) is 3.77. The van der Waals surface area contributed by atoms with Gasteiger partial charge in [-0.15, -0.1) is 11.3 Å². The molecule has 1 N–H and O–H groups in total. The molecule has 154 valence electrons. The van der Waals surface area contributed by atoms with Gasteiger partial charge in [0.2, 0.25) is 0 Å². The van der Waals surface area contributed by atoms with Crippen LogP contribution in [0.15, 0.2) is 60.7 Å². The molecule has 0 aliphatic carbocycles. The number of thiophene rings is 1. The van der Waals surface area contributed by atoms with E-state index in [1.807, 2.05) is 81.4 Å². The van der Waals surface area contributed by atoms with E-state index in [1.165, 1.54) is 11.3 Å². The SMILES string of the molecule is CCc1c(C)sc(NC(=O)c2c(-c3ccccc3)nn(-c3ccccc3)c2C)c1C#N. The largest absolute Gasteiger partial charge is 0.312 e. The topological polar surface area (TPSA) is 70.7 Å². The zero-order valence-corrected chi connectivity index (χ0v) is 18.5. The van der Waals surface area contributed by atoms with E-state index in [1.54, 1.807) is 4.68 Å². The number of nitrogens with one attached hydrogen (secondary N) is 1. The van der Waals surface area contributed by atoms with Gasteiger partial charge in [0, 0.05) is 10.4 Å². The molecule has 2 heterocycles. The normalized spacial score (nSPS) is 10.6.